The molecule has 0 aromatic heterocycles. The maximum atomic E-state index is 11.6. The molecule has 1 saturated heterocycles. The zero-order valence-electron chi connectivity index (χ0n) is 10.6. The maximum absolute atomic E-state index is 11.6. The Hall–Kier alpha value is -1.08. The van der Waals surface area contributed by atoms with Crippen molar-refractivity contribution < 1.29 is 8.42 Å². The molecule has 104 valence electrons. The molecule has 3 N–H and O–H groups in total. The van der Waals surface area contributed by atoms with Crippen molar-refractivity contribution in [3.05, 3.63) is 28.2 Å². The average Bonchev–Trinajstić information content (AvgIpc) is 2.68. The molecule has 1 aromatic carbocycles. The van der Waals surface area contributed by atoms with E-state index in [4.69, 9.17) is 11.1 Å². The number of benzene rings is 1. The Morgan fingerprint density at radius 3 is 2.74 bits per heavy atom. The topological polar surface area (TPSA) is 87.2 Å². The molecule has 1 fully saturated rings. The standard InChI is InChI=1S/C12H16BrN3O2S/c1-16(8-5-6-19(17,18)7-8)10-4-2-3-9(13)11(10)12(14)15/h2-4,8H,5-7H2,1H3,(H3,14,15). The summed E-state index contributed by atoms with van der Waals surface area (Å²) >= 11 is 3.38. The van der Waals surface area contributed by atoms with Crippen LogP contribution in [0.1, 0.15) is 12.0 Å². The van der Waals surface area contributed by atoms with E-state index in [2.05, 4.69) is 15.9 Å². The van der Waals surface area contributed by atoms with Gasteiger partial charge in [0.05, 0.1) is 17.1 Å². The van der Waals surface area contributed by atoms with Gasteiger partial charge in [0, 0.05) is 23.2 Å². The number of nitrogen functional groups attached to an aromatic ring is 1. The lowest BCUT2D eigenvalue weighted by atomic mass is 10.1. The van der Waals surface area contributed by atoms with Crippen molar-refractivity contribution in [3.63, 3.8) is 0 Å². The van der Waals surface area contributed by atoms with E-state index < -0.39 is 9.84 Å². The summed E-state index contributed by atoms with van der Waals surface area (Å²) in [5.41, 5.74) is 7.00. The van der Waals surface area contributed by atoms with Crippen molar-refractivity contribution in [2.45, 2.75) is 12.5 Å². The van der Waals surface area contributed by atoms with Gasteiger partial charge in [0.15, 0.2) is 9.84 Å². The minimum absolute atomic E-state index is 0.0322. The molecule has 0 aliphatic carbocycles. The van der Waals surface area contributed by atoms with Gasteiger partial charge in [-0.05, 0) is 34.5 Å². The number of nitrogens with zero attached hydrogens (tertiary/aromatic N) is 1. The van der Waals surface area contributed by atoms with Gasteiger partial charge in [0.2, 0.25) is 0 Å². The molecular weight excluding hydrogens is 330 g/mol. The van der Waals surface area contributed by atoms with Gasteiger partial charge in [0.25, 0.3) is 0 Å². The molecular formula is C12H16BrN3O2S. The second-order valence-electron chi connectivity index (χ2n) is 4.72. The number of nitrogens with two attached hydrogens (primary N) is 1. The molecule has 5 nitrogen and oxygen atoms in total. The quantitative estimate of drug-likeness (QED) is 0.639. The van der Waals surface area contributed by atoms with Gasteiger partial charge in [0.1, 0.15) is 5.84 Å². The molecule has 1 aliphatic rings. The first-order valence-electron chi connectivity index (χ1n) is 5.88. The Morgan fingerprint density at radius 2 is 2.21 bits per heavy atom. The summed E-state index contributed by atoms with van der Waals surface area (Å²) in [6.45, 7) is 0. The van der Waals surface area contributed by atoms with Gasteiger partial charge in [-0.2, -0.15) is 0 Å². The van der Waals surface area contributed by atoms with Gasteiger partial charge in [-0.25, -0.2) is 8.42 Å². The number of hydrogen-bond donors (Lipinski definition) is 2. The van der Waals surface area contributed by atoms with Crippen molar-refractivity contribution in [1.82, 2.24) is 0 Å². The van der Waals surface area contributed by atoms with E-state index in [1.165, 1.54) is 0 Å². The van der Waals surface area contributed by atoms with Gasteiger partial charge in [-0.1, -0.05) is 6.07 Å². The minimum atomic E-state index is -2.93. The Morgan fingerprint density at radius 1 is 1.53 bits per heavy atom. The van der Waals surface area contributed by atoms with Crippen LogP contribution in [0.15, 0.2) is 22.7 Å². The Bertz CT molecular complexity index is 615. The van der Waals surface area contributed by atoms with Crippen LogP contribution in [0.3, 0.4) is 0 Å². The van der Waals surface area contributed by atoms with Crippen LogP contribution in [-0.2, 0) is 9.84 Å². The molecule has 0 amide bonds. The molecule has 1 heterocycles. The van der Waals surface area contributed by atoms with Gasteiger partial charge in [-0.3, -0.25) is 5.41 Å². The lowest BCUT2D eigenvalue weighted by molar-refractivity contribution is 0.601. The second kappa shape index (κ2) is 5.13. The van der Waals surface area contributed by atoms with Crippen LogP contribution in [0.2, 0.25) is 0 Å². The molecule has 0 bridgehead atoms. The number of hydrogen-bond acceptors (Lipinski definition) is 4. The number of nitrogens with one attached hydrogen (secondary N) is 1. The molecule has 1 unspecified atom stereocenters. The fourth-order valence-electron chi connectivity index (χ4n) is 2.35. The molecule has 19 heavy (non-hydrogen) atoms. The lowest BCUT2D eigenvalue weighted by Gasteiger charge is -2.28. The smallest absolute Gasteiger partial charge is 0.152 e. The average molecular weight is 346 g/mol. The van der Waals surface area contributed by atoms with Gasteiger partial charge >= 0.3 is 0 Å². The summed E-state index contributed by atoms with van der Waals surface area (Å²) in [4.78, 5) is 1.91. The second-order valence-corrected chi connectivity index (χ2v) is 7.80. The van der Waals surface area contributed by atoms with Crippen molar-refractivity contribution in [1.29, 1.82) is 5.41 Å². The van der Waals surface area contributed by atoms with Crippen molar-refractivity contribution in [2.24, 2.45) is 5.73 Å². The molecule has 1 atom stereocenters. The van der Waals surface area contributed by atoms with E-state index in [0.717, 1.165) is 10.2 Å². The van der Waals surface area contributed by atoms with E-state index >= 15 is 0 Å². The highest BCUT2D eigenvalue weighted by molar-refractivity contribution is 9.10. The number of amidine groups is 1. The minimum Gasteiger partial charge on any atom is -0.384 e. The van der Waals surface area contributed by atoms with Gasteiger partial charge < -0.3 is 10.6 Å². The fraction of sp³-hybridized carbons (Fsp3) is 0.417. The van der Waals surface area contributed by atoms with Crippen molar-refractivity contribution in [3.8, 4) is 0 Å². The Balaban J connectivity index is 2.37. The van der Waals surface area contributed by atoms with Crippen LogP contribution < -0.4 is 10.6 Å². The predicted octanol–water partition coefficient (Wildman–Crippen LogP) is 1.36. The largest absolute Gasteiger partial charge is 0.384 e. The molecule has 7 heteroatoms. The van der Waals surface area contributed by atoms with Crippen LogP contribution >= 0.6 is 15.9 Å². The highest BCUT2D eigenvalue weighted by atomic mass is 79.9. The van der Waals surface area contributed by atoms with E-state index in [1.54, 1.807) is 0 Å². The molecule has 2 rings (SSSR count). The van der Waals surface area contributed by atoms with Crippen LogP contribution in [0.4, 0.5) is 5.69 Å². The molecule has 1 aromatic rings. The first kappa shape index (κ1) is 14.3. The third kappa shape index (κ3) is 2.92. The summed E-state index contributed by atoms with van der Waals surface area (Å²) in [5, 5.41) is 7.66. The predicted molar refractivity (Wildman–Crippen MR) is 80.6 cm³/mol. The summed E-state index contributed by atoms with van der Waals surface area (Å²) in [7, 11) is -1.08. The molecule has 0 spiro atoms. The third-order valence-electron chi connectivity index (χ3n) is 3.40. The summed E-state index contributed by atoms with van der Waals surface area (Å²) in [6.07, 6.45) is 0.614. The molecule has 0 saturated carbocycles. The van der Waals surface area contributed by atoms with E-state index in [1.807, 2.05) is 30.1 Å². The highest BCUT2D eigenvalue weighted by Gasteiger charge is 2.31. The normalized spacial score (nSPS) is 21.3. The zero-order chi connectivity index (χ0) is 14.2. The molecule has 1 aliphatic heterocycles. The van der Waals surface area contributed by atoms with E-state index in [9.17, 15) is 8.42 Å². The van der Waals surface area contributed by atoms with Crippen LogP contribution in [0, 0.1) is 5.41 Å². The number of anilines is 1. The van der Waals surface area contributed by atoms with Crippen molar-refractivity contribution in [2.75, 3.05) is 23.5 Å². The first-order chi connectivity index (χ1) is 8.82. The number of sulfone groups is 1. The van der Waals surface area contributed by atoms with Crippen molar-refractivity contribution >= 4 is 37.3 Å². The monoisotopic (exact) mass is 345 g/mol. The highest BCUT2D eigenvalue weighted by Crippen LogP contribution is 2.30. The maximum Gasteiger partial charge on any atom is 0.152 e. The Labute approximate surface area is 121 Å². The number of halogens is 1. The molecule has 0 radical (unpaired) electrons. The lowest BCUT2D eigenvalue weighted by Crippen LogP contribution is -2.34. The summed E-state index contributed by atoms with van der Waals surface area (Å²) in [6, 6.07) is 5.47. The summed E-state index contributed by atoms with van der Waals surface area (Å²) < 4.78 is 23.9. The van der Waals surface area contributed by atoms with E-state index in [0.29, 0.717) is 12.0 Å². The third-order valence-corrected chi connectivity index (χ3v) is 5.81. The van der Waals surface area contributed by atoms with E-state index in [-0.39, 0.29) is 23.4 Å². The summed E-state index contributed by atoms with van der Waals surface area (Å²) in [5.74, 6) is 0.355. The van der Waals surface area contributed by atoms with Crippen LogP contribution in [0.25, 0.3) is 0 Å². The first-order valence-corrected chi connectivity index (χ1v) is 8.49. The fourth-order valence-corrected chi connectivity index (χ4v) is 4.69. The Kier molecular flexibility index (Phi) is 3.87. The van der Waals surface area contributed by atoms with Crippen LogP contribution in [0.5, 0.6) is 0 Å². The SMILES string of the molecule is CN(c1cccc(Br)c1C(=N)N)C1CCS(=O)(=O)C1. The van der Waals surface area contributed by atoms with Crippen LogP contribution in [-0.4, -0.2) is 38.8 Å². The zero-order valence-corrected chi connectivity index (χ0v) is 13.0. The number of rotatable bonds is 3. The van der Waals surface area contributed by atoms with Gasteiger partial charge in [-0.15, -0.1) is 0 Å².